The van der Waals surface area contributed by atoms with Crippen LogP contribution in [0.5, 0.6) is 0 Å². The first-order chi connectivity index (χ1) is 7.81. The van der Waals surface area contributed by atoms with E-state index >= 15 is 0 Å². The zero-order chi connectivity index (χ0) is 11.4. The molecular weight excluding hydrogens is 216 g/mol. The van der Waals surface area contributed by atoms with Crippen LogP contribution in [0.3, 0.4) is 0 Å². The molecule has 1 saturated heterocycles. The lowest BCUT2D eigenvalue weighted by Crippen LogP contribution is -2.38. The third kappa shape index (κ3) is 2.84. The van der Waals surface area contributed by atoms with E-state index in [0.29, 0.717) is 6.04 Å². The Kier molecular flexibility index (Phi) is 4.38. The predicted octanol–water partition coefficient (Wildman–Crippen LogP) is 2.88. The second kappa shape index (κ2) is 5.80. The van der Waals surface area contributed by atoms with Gasteiger partial charge in [-0.3, -0.25) is 4.90 Å². The molecule has 2 nitrogen and oxygen atoms in total. The van der Waals surface area contributed by atoms with Crippen molar-refractivity contribution in [2.75, 3.05) is 19.6 Å². The minimum atomic E-state index is 0.491. The van der Waals surface area contributed by atoms with Gasteiger partial charge in [0, 0.05) is 18.6 Å². The molecule has 1 N–H and O–H groups in total. The van der Waals surface area contributed by atoms with Gasteiger partial charge in [-0.1, -0.05) is 6.92 Å². The summed E-state index contributed by atoms with van der Waals surface area (Å²) < 4.78 is 0. The SMILES string of the molecule is CCN1CCCC1CNC(C)c1ccsc1. The quantitative estimate of drug-likeness (QED) is 0.848. The van der Waals surface area contributed by atoms with Crippen LogP contribution in [0, 0.1) is 0 Å². The fourth-order valence-corrected chi connectivity index (χ4v) is 3.25. The van der Waals surface area contributed by atoms with Crippen molar-refractivity contribution in [3.8, 4) is 0 Å². The van der Waals surface area contributed by atoms with Crippen LogP contribution in [0.25, 0.3) is 0 Å². The van der Waals surface area contributed by atoms with Gasteiger partial charge in [0.2, 0.25) is 0 Å². The normalized spacial score (nSPS) is 23.8. The van der Waals surface area contributed by atoms with E-state index in [1.807, 2.05) is 0 Å². The molecule has 0 spiro atoms. The summed E-state index contributed by atoms with van der Waals surface area (Å²) in [6.45, 7) is 8.13. The van der Waals surface area contributed by atoms with Crippen molar-refractivity contribution in [2.24, 2.45) is 0 Å². The van der Waals surface area contributed by atoms with Gasteiger partial charge in [0.05, 0.1) is 0 Å². The molecule has 2 rings (SSSR count). The Hall–Kier alpha value is -0.380. The Labute approximate surface area is 103 Å². The highest BCUT2D eigenvalue weighted by Crippen LogP contribution is 2.19. The highest BCUT2D eigenvalue weighted by Gasteiger charge is 2.22. The summed E-state index contributed by atoms with van der Waals surface area (Å²) in [5.74, 6) is 0. The van der Waals surface area contributed by atoms with E-state index in [4.69, 9.17) is 0 Å². The molecule has 90 valence electrons. The Bertz CT molecular complexity index is 297. The molecule has 2 heterocycles. The van der Waals surface area contributed by atoms with Gasteiger partial charge < -0.3 is 5.32 Å². The average molecular weight is 238 g/mol. The molecule has 0 aromatic carbocycles. The molecule has 1 aliphatic rings. The van der Waals surface area contributed by atoms with E-state index in [1.165, 1.54) is 31.5 Å². The Balaban J connectivity index is 1.78. The number of likely N-dealkylation sites (tertiary alicyclic amines) is 1. The minimum Gasteiger partial charge on any atom is -0.309 e. The summed E-state index contributed by atoms with van der Waals surface area (Å²) in [6, 6.07) is 3.46. The number of rotatable bonds is 5. The maximum absolute atomic E-state index is 3.66. The van der Waals surface area contributed by atoms with Gasteiger partial charge in [-0.15, -0.1) is 0 Å². The third-order valence-electron chi connectivity index (χ3n) is 3.61. The number of thiophene rings is 1. The largest absolute Gasteiger partial charge is 0.309 e. The molecule has 16 heavy (non-hydrogen) atoms. The molecule has 0 amide bonds. The van der Waals surface area contributed by atoms with Crippen LogP contribution in [0.15, 0.2) is 16.8 Å². The molecule has 0 aliphatic carbocycles. The van der Waals surface area contributed by atoms with E-state index in [9.17, 15) is 0 Å². The van der Waals surface area contributed by atoms with Crippen LogP contribution in [0.1, 0.15) is 38.3 Å². The number of nitrogens with one attached hydrogen (secondary N) is 1. The number of nitrogens with zero attached hydrogens (tertiary/aromatic N) is 1. The monoisotopic (exact) mass is 238 g/mol. The van der Waals surface area contributed by atoms with Crippen molar-refractivity contribution in [3.63, 3.8) is 0 Å². The molecule has 0 saturated carbocycles. The first-order valence-corrected chi connectivity index (χ1v) is 7.25. The summed E-state index contributed by atoms with van der Waals surface area (Å²) in [7, 11) is 0. The van der Waals surface area contributed by atoms with Gasteiger partial charge in [-0.2, -0.15) is 11.3 Å². The lowest BCUT2D eigenvalue weighted by atomic mass is 10.1. The first-order valence-electron chi connectivity index (χ1n) is 6.30. The number of likely N-dealkylation sites (N-methyl/N-ethyl adjacent to an activating group) is 1. The Morgan fingerprint density at radius 2 is 2.50 bits per heavy atom. The lowest BCUT2D eigenvalue weighted by molar-refractivity contribution is 0.255. The molecule has 1 aromatic heterocycles. The van der Waals surface area contributed by atoms with Gasteiger partial charge in [-0.05, 0) is 55.2 Å². The minimum absolute atomic E-state index is 0.491. The van der Waals surface area contributed by atoms with E-state index in [1.54, 1.807) is 11.3 Å². The van der Waals surface area contributed by atoms with Crippen LogP contribution >= 0.6 is 11.3 Å². The maximum atomic E-state index is 3.66. The number of hydrogen-bond acceptors (Lipinski definition) is 3. The molecule has 1 aromatic rings. The molecule has 1 fully saturated rings. The molecule has 2 atom stereocenters. The maximum Gasteiger partial charge on any atom is 0.0300 e. The molecule has 1 aliphatic heterocycles. The summed E-state index contributed by atoms with van der Waals surface area (Å²) in [5, 5.41) is 8.05. The second-order valence-electron chi connectivity index (χ2n) is 4.61. The fourth-order valence-electron chi connectivity index (χ4n) is 2.49. The van der Waals surface area contributed by atoms with E-state index < -0.39 is 0 Å². The van der Waals surface area contributed by atoms with Gasteiger partial charge in [-0.25, -0.2) is 0 Å². The summed E-state index contributed by atoms with van der Waals surface area (Å²) in [6.07, 6.45) is 2.73. The van der Waals surface area contributed by atoms with Gasteiger partial charge in [0.15, 0.2) is 0 Å². The summed E-state index contributed by atoms with van der Waals surface area (Å²) in [4.78, 5) is 2.59. The van der Waals surface area contributed by atoms with E-state index in [-0.39, 0.29) is 0 Å². The predicted molar refractivity (Wildman–Crippen MR) is 71.0 cm³/mol. The van der Waals surface area contributed by atoms with Crippen LogP contribution in [0.4, 0.5) is 0 Å². The smallest absolute Gasteiger partial charge is 0.0300 e. The first kappa shape index (κ1) is 12.1. The van der Waals surface area contributed by atoms with Crippen molar-refractivity contribution < 1.29 is 0 Å². The second-order valence-corrected chi connectivity index (χ2v) is 5.39. The van der Waals surface area contributed by atoms with Crippen LogP contribution in [0.2, 0.25) is 0 Å². The molecule has 2 unspecified atom stereocenters. The third-order valence-corrected chi connectivity index (χ3v) is 4.31. The average Bonchev–Trinajstić information content (AvgIpc) is 2.96. The van der Waals surface area contributed by atoms with E-state index in [2.05, 4.69) is 40.9 Å². The molecule has 0 radical (unpaired) electrons. The van der Waals surface area contributed by atoms with Gasteiger partial charge in [0.25, 0.3) is 0 Å². The molecular formula is C13H22N2S. The Morgan fingerprint density at radius 3 is 3.19 bits per heavy atom. The van der Waals surface area contributed by atoms with Crippen molar-refractivity contribution in [2.45, 2.75) is 38.8 Å². The van der Waals surface area contributed by atoms with Crippen molar-refractivity contribution in [3.05, 3.63) is 22.4 Å². The summed E-state index contributed by atoms with van der Waals surface area (Å²) >= 11 is 1.78. The van der Waals surface area contributed by atoms with Gasteiger partial charge >= 0.3 is 0 Å². The highest BCUT2D eigenvalue weighted by molar-refractivity contribution is 7.07. The molecule has 3 heteroatoms. The zero-order valence-electron chi connectivity index (χ0n) is 10.3. The van der Waals surface area contributed by atoms with Crippen molar-refractivity contribution >= 4 is 11.3 Å². The highest BCUT2D eigenvalue weighted by atomic mass is 32.1. The standard InChI is InChI=1S/C13H22N2S/c1-3-15-7-4-5-13(15)9-14-11(2)12-6-8-16-10-12/h6,8,10-11,13-14H,3-5,7,9H2,1-2H3. The van der Waals surface area contributed by atoms with Crippen molar-refractivity contribution in [1.82, 2.24) is 10.2 Å². The lowest BCUT2D eigenvalue weighted by Gasteiger charge is -2.24. The van der Waals surface area contributed by atoms with Gasteiger partial charge in [0.1, 0.15) is 0 Å². The fraction of sp³-hybridized carbons (Fsp3) is 0.692. The van der Waals surface area contributed by atoms with Crippen LogP contribution in [-0.4, -0.2) is 30.6 Å². The van der Waals surface area contributed by atoms with Crippen LogP contribution in [-0.2, 0) is 0 Å². The van der Waals surface area contributed by atoms with Crippen LogP contribution < -0.4 is 5.32 Å². The molecule has 0 bridgehead atoms. The number of hydrogen-bond donors (Lipinski definition) is 1. The van der Waals surface area contributed by atoms with E-state index in [0.717, 1.165) is 12.6 Å². The van der Waals surface area contributed by atoms with Crippen molar-refractivity contribution in [1.29, 1.82) is 0 Å². The summed E-state index contributed by atoms with van der Waals surface area (Å²) in [5.41, 5.74) is 1.42. The topological polar surface area (TPSA) is 15.3 Å². The zero-order valence-corrected chi connectivity index (χ0v) is 11.1. The Morgan fingerprint density at radius 1 is 1.62 bits per heavy atom.